The van der Waals surface area contributed by atoms with Gasteiger partial charge in [0.05, 0.1) is 6.04 Å². The molecule has 176 valence electrons. The van der Waals surface area contributed by atoms with E-state index in [1.165, 1.54) is 0 Å². The van der Waals surface area contributed by atoms with E-state index in [0.717, 1.165) is 61.7 Å². The SMILES string of the molecule is Cc1nc(C)c(C)c(N2C[C@H]3C[C@@H](C2)[C@H](CNC(=O)CCC(C)C)N2C(=O)CCC[C@@H]32)n1. The van der Waals surface area contributed by atoms with Gasteiger partial charge in [-0.05, 0) is 64.2 Å². The normalized spacial score (nSPS) is 27.5. The maximum absolute atomic E-state index is 13.0. The summed E-state index contributed by atoms with van der Waals surface area (Å²) in [4.78, 5) is 39.4. The monoisotopic (exact) mass is 441 g/mol. The van der Waals surface area contributed by atoms with E-state index < -0.39 is 0 Å². The first-order chi connectivity index (χ1) is 15.2. The second-order valence-electron chi connectivity index (χ2n) is 10.5. The Bertz CT molecular complexity index is 870. The van der Waals surface area contributed by atoms with Gasteiger partial charge in [-0.2, -0.15) is 0 Å². The van der Waals surface area contributed by atoms with Crippen LogP contribution in [0.3, 0.4) is 0 Å². The molecular formula is C25H39N5O2. The summed E-state index contributed by atoms with van der Waals surface area (Å²) < 4.78 is 0. The van der Waals surface area contributed by atoms with Crippen LogP contribution in [0.1, 0.15) is 69.5 Å². The van der Waals surface area contributed by atoms with Crippen molar-refractivity contribution in [3.63, 3.8) is 0 Å². The summed E-state index contributed by atoms with van der Waals surface area (Å²) in [6.07, 6.45) is 5.25. The highest BCUT2D eigenvalue weighted by Gasteiger charge is 2.49. The lowest BCUT2D eigenvalue weighted by Crippen LogP contribution is -2.67. The van der Waals surface area contributed by atoms with Crippen molar-refractivity contribution in [1.82, 2.24) is 20.2 Å². The predicted octanol–water partition coefficient (Wildman–Crippen LogP) is 3.16. The van der Waals surface area contributed by atoms with Gasteiger partial charge in [0.15, 0.2) is 0 Å². The largest absolute Gasteiger partial charge is 0.356 e. The summed E-state index contributed by atoms with van der Waals surface area (Å²) >= 11 is 0. The molecule has 3 fully saturated rings. The maximum atomic E-state index is 13.0. The number of aromatic nitrogens is 2. The topological polar surface area (TPSA) is 78.4 Å². The van der Waals surface area contributed by atoms with Crippen LogP contribution < -0.4 is 10.2 Å². The second kappa shape index (κ2) is 9.36. The van der Waals surface area contributed by atoms with E-state index in [9.17, 15) is 9.59 Å². The van der Waals surface area contributed by atoms with Gasteiger partial charge >= 0.3 is 0 Å². The number of nitrogens with one attached hydrogen (secondary N) is 1. The van der Waals surface area contributed by atoms with E-state index in [4.69, 9.17) is 4.98 Å². The molecule has 1 N–H and O–H groups in total. The number of piperidine rings is 3. The van der Waals surface area contributed by atoms with Gasteiger partial charge in [0.2, 0.25) is 11.8 Å². The predicted molar refractivity (Wildman–Crippen MR) is 125 cm³/mol. The van der Waals surface area contributed by atoms with Crippen LogP contribution in [0.5, 0.6) is 0 Å². The smallest absolute Gasteiger partial charge is 0.223 e. The lowest BCUT2D eigenvalue weighted by molar-refractivity contribution is -0.149. The summed E-state index contributed by atoms with van der Waals surface area (Å²) in [7, 11) is 0. The number of rotatable bonds is 6. The van der Waals surface area contributed by atoms with E-state index in [0.29, 0.717) is 37.1 Å². The molecule has 3 aliphatic rings. The molecule has 0 saturated carbocycles. The molecule has 2 bridgehead atoms. The quantitative estimate of drug-likeness (QED) is 0.734. The number of hydrogen-bond acceptors (Lipinski definition) is 5. The van der Waals surface area contributed by atoms with Gasteiger partial charge < -0.3 is 15.1 Å². The first-order valence-corrected chi connectivity index (χ1v) is 12.4. The number of carbonyl (C=O) groups excluding carboxylic acids is 2. The zero-order valence-electron chi connectivity index (χ0n) is 20.4. The Labute approximate surface area is 192 Å². The van der Waals surface area contributed by atoms with Crippen molar-refractivity contribution in [2.45, 2.75) is 85.2 Å². The number of anilines is 1. The molecule has 32 heavy (non-hydrogen) atoms. The first-order valence-electron chi connectivity index (χ1n) is 12.4. The van der Waals surface area contributed by atoms with Crippen LogP contribution in [0.2, 0.25) is 0 Å². The molecule has 0 radical (unpaired) electrons. The molecule has 7 heteroatoms. The van der Waals surface area contributed by atoms with Crippen LogP contribution in [0, 0.1) is 38.5 Å². The fourth-order valence-corrected chi connectivity index (χ4v) is 6.00. The van der Waals surface area contributed by atoms with E-state index in [1.807, 2.05) is 6.92 Å². The number of aryl methyl sites for hydroxylation is 2. The van der Waals surface area contributed by atoms with Crippen molar-refractivity contribution in [2.75, 3.05) is 24.5 Å². The van der Waals surface area contributed by atoms with Crippen LogP contribution in [0.25, 0.3) is 0 Å². The molecular weight excluding hydrogens is 402 g/mol. The molecule has 2 amide bonds. The molecule has 7 nitrogen and oxygen atoms in total. The highest BCUT2D eigenvalue weighted by atomic mass is 16.2. The van der Waals surface area contributed by atoms with E-state index in [-0.39, 0.29) is 23.9 Å². The van der Waals surface area contributed by atoms with Crippen LogP contribution in [0.4, 0.5) is 5.82 Å². The molecule has 4 heterocycles. The second-order valence-corrected chi connectivity index (χ2v) is 10.5. The van der Waals surface area contributed by atoms with Crippen LogP contribution in [-0.2, 0) is 9.59 Å². The third-order valence-electron chi connectivity index (χ3n) is 7.73. The van der Waals surface area contributed by atoms with Gasteiger partial charge in [0.25, 0.3) is 0 Å². The number of amides is 2. The van der Waals surface area contributed by atoms with Crippen LogP contribution in [0.15, 0.2) is 0 Å². The molecule has 4 rings (SSSR count). The van der Waals surface area contributed by atoms with Crippen molar-refractivity contribution >= 4 is 17.6 Å². The van der Waals surface area contributed by atoms with Gasteiger partial charge in [-0.1, -0.05) is 13.8 Å². The zero-order valence-corrected chi connectivity index (χ0v) is 20.4. The van der Waals surface area contributed by atoms with Gasteiger partial charge in [-0.3, -0.25) is 9.59 Å². The average Bonchev–Trinajstić information content (AvgIpc) is 2.75. The molecule has 3 aliphatic heterocycles. The summed E-state index contributed by atoms with van der Waals surface area (Å²) in [5.41, 5.74) is 2.18. The van der Waals surface area contributed by atoms with Crippen molar-refractivity contribution in [1.29, 1.82) is 0 Å². The maximum Gasteiger partial charge on any atom is 0.223 e. The molecule has 0 unspecified atom stereocenters. The van der Waals surface area contributed by atoms with Crippen molar-refractivity contribution < 1.29 is 9.59 Å². The van der Waals surface area contributed by atoms with Crippen molar-refractivity contribution in [2.24, 2.45) is 17.8 Å². The number of fused-ring (bicyclic) bond motifs is 4. The number of carbonyl (C=O) groups is 2. The van der Waals surface area contributed by atoms with E-state index in [1.54, 1.807) is 0 Å². The summed E-state index contributed by atoms with van der Waals surface area (Å²) in [6, 6.07) is 0.344. The van der Waals surface area contributed by atoms with E-state index in [2.05, 4.69) is 47.8 Å². The minimum absolute atomic E-state index is 0.0687. The van der Waals surface area contributed by atoms with Crippen molar-refractivity contribution in [3.05, 3.63) is 17.1 Å². The molecule has 4 atom stereocenters. The van der Waals surface area contributed by atoms with Crippen LogP contribution in [-0.4, -0.2) is 58.4 Å². The van der Waals surface area contributed by atoms with Gasteiger partial charge in [-0.25, -0.2) is 9.97 Å². The summed E-state index contributed by atoms with van der Waals surface area (Å²) in [6.45, 7) is 12.8. The third-order valence-corrected chi connectivity index (χ3v) is 7.73. The molecule has 1 aromatic rings. The Kier molecular flexibility index (Phi) is 6.72. The lowest BCUT2D eigenvalue weighted by Gasteiger charge is -2.57. The fraction of sp³-hybridized carbons (Fsp3) is 0.760. The fourth-order valence-electron chi connectivity index (χ4n) is 6.00. The number of nitrogens with zero attached hydrogens (tertiary/aromatic N) is 4. The zero-order chi connectivity index (χ0) is 23.0. The molecule has 1 aromatic heterocycles. The Morgan fingerprint density at radius 3 is 2.66 bits per heavy atom. The Morgan fingerprint density at radius 1 is 1.16 bits per heavy atom. The van der Waals surface area contributed by atoms with Gasteiger partial charge in [0.1, 0.15) is 11.6 Å². The highest BCUT2D eigenvalue weighted by molar-refractivity contribution is 5.79. The Balaban J connectivity index is 1.56. The highest BCUT2D eigenvalue weighted by Crippen LogP contribution is 2.42. The Morgan fingerprint density at radius 2 is 1.91 bits per heavy atom. The summed E-state index contributed by atoms with van der Waals surface area (Å²) in [5, 5.41) is 3.17. The van der Waals surface area contributed by atoms with Crippen LogP contribution >= 0.6 is 0 Å². The molecule has 0 aliphatic carbocycles. The summed E-state index contributed by atoms with van der Waals surface area (Å²) in [5.74, 6) is 3.54. The minimum atomic E-state index is 0.0687. The number of hydrogen-bond donors (Lipinski definition) is 1. The van der Waals surface area contributed by atoms with Gasteiger partial charge in [0, 0.05) is 49.8 Å². The molecule has 0 aromatic carbocycles. The van der Waals surface area contributed by atoms with Crippen molar-refractivity contribution in [3.8, 4) is 0 Å². The molecule has 3 saturated heterocycles. The lowest BCUT2D eigenvalue weighted by atomic mass is 9.72. The van der Waals surface area contributed by atoms with E-state index >= 15 is 0 Å². The molecule has 0 spiro atoms. The van der Waals surface area contributed by atoms with Gasteiger partial charge in [-0.15, -0.1) is 0 Å². The minimum Gasteiger partial charge on any atom is -0.356 e. The Hall–Kier alpha value is -2.18. The average molecular weight is 442 g/mol. The first kappa shape index (κ1) is 23.0. The third kappa shape index (κ3) is 4.62. The standard InChI is InChI=1S/C25H39N5O2/c1-15(2)9-10-23(31)26-12-22-20-11-19(21-7-6-8-24(32)30(21)22)13-29(14-20)25-16(3)17(4)27-18(5)28-25/h15,19-22H,6-14H2,1-5H3,(H,26,31)/t19-,20+,21+,22+/m1/s1.